The van der Waals surface area contributed by atoms with Gasteiger partial charge in [-0.25, -0.2) is 0 Å². The van der Waals surface area contributed by atoms with Crippen LogP contribution >= 0.6 is 0 Å². The van der Waals surface area contributed by atoms with Crippen LogP contribution in [-0.2, 0) is 15.8 Å². The maximum Gasteiger partial charge on any atom is 0.416 e. The number of amides is 2. The van der Waals surface area contributed by atoms with Gasteiger partial charge in [-0.15, -0.1) is 0 Å². The lowest BCUT2D eigenvalue weighted by Crippen LogP contribution is -2.44. The molecule has 1 aromatic carbocycles. The number of fused-ring (bicyclic) bond motifs is 2. The molecule has 0 N–H and O–H groups in total. The van der Waals surface area contributed by atoms with E-state index in [9.17, 15) is 22.8 Å². The number of nitrogens with zero attached hydrogens (tertiary/aromatic N) is 3. The predicted molar refractivity (Wildman–Crippen MR) is 110 cm³/mol. The number of likely N-dealkylation sites (tertiary alicyclic amines) is 2. The Labute approximate surface area is 181 Å². The number of hydrogen-bond acceptors (Lipinski definition) is 3. The topological polar surface area (TPSA) is 43.9 Å². The molecule has 3 aliphatic heterocycles. The molecule has 3 fully saturated rings. The van der Waals surface area contributed by atoms with Crippen molar-refractivity contribution in [3.63, 3.8) is 0 Å². The van der Waals surface area contributed by atoms with E-state index in [1.54, 1.807) is 17.9 Å². The van der Waals surface area contributed by atoms with Gasteiger partial charge in [0.15, 0.2) is 0 Å². The average Bonchev–Trinajstić information content (AvgIpc) is 3.39. The first kappa shape index (κ1) is 22.1. The molecular formula is C23H30F3N3O2. The number of piperidine rings is 1. The Morgan fingerprint density at radius 3 is 2.52 bits per heavy atom. The van der Waals surface area contributed by atoms with Crippen molar-refractivity contribution in [2.24, 2.45) is 5.92 Å². The Kier molecular flexibility index (Phi) is 5.79. The quantitative estimate of drug-likeness (QED) is 0.698. The minimum absolute atomic E-state index is 0.103. The summed E-state index contributed by atoms with van der Waals surface area (Å²) < 4.78 is 40.6. The summed E-state index contributed by atoms with van der Waals surface area (Å²) in [4.78, 5) is 31.6. The number of benzene rings is 1. The molecule has 5 atom stereocenters. The molecule has 0 radical (unpaired) electrons. The molecule has 2 bridgehead atoms. The third-order valence-corrected chi connectivity index (χ3v) is 7.22. The van der Waals surface area contributed by atoms with Gasteiger partial charge in [0.25, 0.3) is 0 Å². The van der Waals surface area contributed by atoms with Crippen LogP contribution < -0.4 is 0 Å². The van der Waals surface area contributed by atoms with Crippen LogP contribution in [0.15, 0.2) is 24.3 Å². The molecule has 170 valence electrons. The molecule has 3 saturated heterocycles. The summed E-state index contributed by atoms with van der Waals surface area (Å²) in [6.07, 6.45) is -1.31. The zero-order valence-electron chi connectivity index (χ0n) is 18.2. The van der Waals surface area contributed by atoms with Crippen molar-refractivity contribution in [3.8, 4) is 0 Å². The maximum atomic E-state index is 13.5. The van der Waals surface area contributed by atoms with Crippen LogP contribution in [0, 0.1) is 5.92 Å². The van der Waals surface area contributed by atoms with Crippen molar-refractivity contribution in [1.29, 1.82) is 0 Å². The van der Waals surface area contributed by atoms with Crippen molar-refractivity contribution in [1.82, 2.24) is 14.7 Å². The number of alkyl halides is 3. The van der Waals surface area contributed by atoms with Crippen molar-refractivity contribution >= 4 is 11.8 Å². The normalized spacial score (nSPS) is 28.5. The molecule has 0 aromatic heterocycles. The van der Waals surface area contributed by atoms with Crippen LogP contribution in [0.2, 0.25) is 0 Å². The smallest absolute Gasteiger partial charge is 0.340 e. The Balaban J connectivity index is 1.53. The summed E-state index contributed by atoms with van der Waals surface area (Å²) >= 11 is 0. The molecule has 8 heteroatoms. The maximum absolute atomic E-state index is 13.5. The summed E-state index contributed by atoms with van der Waals surface area (Å²) in [5, 5.41) is 0. The van der Waals surface area contributed by atoms with Crippen molar-refractivity contribution in [2.75, 3.05) is 13.1 Å². The fraction of sp³-hybridized carbons (Fsp3) is 0.652. The molecular weight excluding hydrogens is 407 g/mol. The number of rotatable bonds is 5. The van der Waals surface area contributed by atoms with E-state index < -0.39 is 17.8 Å². The number of hydrogen-bond donors (Lipinski definition) is 0. The highest BCUT2D eigenvalue weighted by Gasteiger charge is 2.53. The minimum atomic E-state index is -4.47. The van der Waals surface area contributed by atoms with E-state index in [0.29, 0.717) is 13.0 Å². The van der Waals surface area contributed by atoms with Gasteiger partial charge in [0.1, 0.15) is 0 Å². The molecule has 31 heavy (non-hydrogen) atoms. The Morgan fingerprint density at radius 1 is 1.16 bits per heavy atom. The summed E-state index contributed by atoms with van der Waals surface area (Å²) in [6, 6.07) is 4.68. The molecule has 3 heterocycles. The van der Waals surface area contributed by atoms with Crippen LogP contribution in [0.1, 0.15) is 63.6 Å². The standard InChI is InChI=1S/C23H30F3N3O2/c1-14(21(30)27-12-6-7-15(27)2)13-28-19-10-11-20(28)29(22(19)31)16(3)17-8-4-5-9-18(17)23(24,25)26/h4-5,8-9,14-16,19-20H,6-7,10-13H2,1-3H3/t14-,15+,16+,19?,20?/m0/s1. The lowest BCUT2D eigenvalue weighted by Gasteiger charge is -2.35. The first-order valence-corrected chi connectivity index (χ1v) is 11.2. The second-order valence-corrected chi connectivity index (χ2v) is 9.20. The van der Waals surface area contributed by atoms with Gasteiger partial charge >= 0.3 is 6.18 Å². The molecule has 1 aromatic rings. The summed E-state index contributed by atoms with van der Waals surface area (Å²) in [7, 11) is 0. The molecule has 0 spiro atoms. The summed E-state index contributed by atoms with van der Waals surface area (Å²) in [5.41, 5.74) is -0.581. The number of halogens is 3. The van der Waals surface area contributed by atoms with Gasteiger partial charge in [0, 0.05) is 25.0 Å². The molecule has 3 aliphatic rings. The zero-order chi connectivity index (χ0) is 22.5. The first-order valence-electron chi connectivity index (χ1n) is 11.2. The Morgan fingerprint density at radius 2 is 1.87 bits per heavy atom. The van der Waals surface area contributed by atoms with Crippen LogP contribution in [0.3, 0.4) is 0 Å². The van der Waals surface area contributed by atoms with Gasteiger partial charge in [-0.2, -0.15) is 13.2 Å². The van der Waals surface area contributed by atoms with E-state index >= 15 is 0 Å². The second-order valence-electron chi connectivity index (χ2n) is 9.20. The van der Waals surface area contributed by atoms with Gasteiger partial charge in [-0.3, -0.25) is 14.5 Å². The highest BCUT2D eigenvalue weighted by atomic mass is 19.4. The molecule has 5 nitrogen and oxygen atoms in total. The van der Waals surface area contributed by atoms with E-state index in [-0.39, 0.29) is 41.5 Å². The predicted octanol–water partition coefficient (Wildman–Crippen LogP) is 4.05. The van der Waals surface area contributed by atoms with Crippen molar-refractivity contribution in [3.05, 3.63) is 35.4 Å². The van der Waals surface area contributed by atoms with Crippen LogP contribution in [0.25, 0.3) is 0 Å². The Bertz CT molecular complexity index is 859. The average molecular weight is 438 g/mol. The fourth-order valence-electron chi connectivity index (χ4n) is 5.63. The first-order chi connectivity index (χ1) is 14.6. The van der Waals surface area contributed by atoms with Gasteiger partial charge in [0.2, 0.25) is 11.8 Å². The van der Waals surface area contributed by atoms with E-state index in [1.807, 2.05) is 16.7 Å². The lowest BCUT2D eigenvalue weighted by molar-refractivity contribution is -0.141. The molecule has 4 rings (SSSR count). The highest BCUT2D eigenvalue weighted by Crippen LogP contribution is 2.43. The van der Waals surface area contributed by atoms with Crippen LogP contribution in [0.5, 0.6) is 0 Å². The zero-order valence-corrected chi connectivity index (χ0v) is 18.2. The molecule has 2 unspecified atom stereocenters. The SMILES string of the molecule is C[C@@H]1CCCN1C(=O)[C@@H](C)CN1C2CCC1N([C@H](C)c1ccccc1C(F)(F)F)C2=O. The van der Waals surface area contributed by atoms with E-state index in [2.05, 4.69) is 6.92 Å². The number of carbonyl (C=O) groups excluding carboxylic acids is 2. The van der Waals surface area contributed by atoms with E-state index in [0.717, 1.165) is 31.9 Å². The summed E-state index contributed by atoms with van der Waals surface area (Å²) in [6.45, 7) is 6.84. The fourth-order valence-corrected chi connectivity index (χ4v) is 5.63. The molecule has 0 aliphatic carbocycles. The van der Waals surface area contributed by atoms with Crippen molar-refractivity contribution < 1.29 is 22.8 Å². The molecule has 2 amide bonds. The Hall–Kier alpha value is -2.09. The highest BCUT2D eigenvalue weighted by molar-refractivity contribution is 5.86. The third-order valence-electron chi connectivity index (χ3n) is 7.22. The second kappa shape index (κ2) is 8.11. The van der Waals surface area contributed by atoms with Crippen LogP contribution in [0.4, 0.5) is 13.2 Å². The van der Waals surface area contributed by atoms with Gasteiger partial charge in [-0.05, 0) is 51.2 Å². The summed E-state index contributed by atoms with van der Waals surface area (Å²) in [5.74, 6) is -0.283. The lowest BCUT2D eigenvalue weighted by atomic mass is 9.97. The van der Waals surface area contributed by atoms with E-state index in [4.69, 9.17) is 0 Å². The van der Waals surface area contributed by atoms with E-state index in [1.165, 1.54) is 12.1 Å². The van der Waals surface area contributed by atoms with Crippen molar-refractivity contribution in [2.45, 2.75) is 76.9 Å². The largest absolute Gasteiger partial charge is 0.416 e. The van der Waals surface area contributed by atoms with Gasteiger partial charge < -0.3 is 9.80 Å². The van der Waals surface area contributed by atoms with Crippen LogP contribution in [-0.4, -0.2) is 57.9 Å². The number of carbonyl (C=O) groups is 2. The monoisotopic (exact) mass is 437 g/mol. The van der Waals surface area contributed by atoms with Gasteiger partial charge in [-0.1, -0.05) is 25.1 Å². The molecule has 0 saturated carbocycles. The minimum Gasteiger partial charge on any atom is -0.340 e. The third kappa shape index (κ3) is 3.83. The van der Waals surface area contributed by atoms with Gasteiger partial charge in [0.05, 0.1) is 23.8 Å².